The highest BCUT2D eigenvalue weighted by Crippen LogP contribution is 2.29. The summed E-state index contributed by atoms with van der Waals surface area (Å²) in [5, 5.41) is 0.00220. The molecule has 0 N–H and O–H groups in total. The number of nitrogens with zero attached hydrogens (tertiary/aromatic N) is 1. The summed E-state index contributed by atoms with van der Waals surface area (Å²) in [5.74, 6) is -1.54. The second-order valence-corrected chi connectivity index (χ2v) is 3.79. The minimum Gasteiger partial charge on any atom is -0.398 e. The number of hydrogen-bond donors (Lipinski definition) is 0. The molecule has 1 aromatic carbocycles. The third kappa shape index (κ3) is 1.82. The lowest BCUT2D eigenvalue weighted by molar-refractivity contribution is -0.158. The molecule has 0 aliphatic carbocycles. The zero-order chi connectivity index (χ0) is 11.9. The van der Waals surface area contributed by atoms with Crippen LogP contribution in [0.3, 0.4) is 0 Å². The Hall–Kier alpha value is -1.37. The van der Waals surface area contributed by atoms with Crippen LogP contribution in [0.5, 0.6) is 0 Å². The van der Waals surface area contributed by atoms with Gasteiger partial charge in [-0.2, -0.15) is 13.2 Å². The fraction of sp³-hybridized carbons (Fsp3) is 0.111. The Balaban J connectivity index is 2.86. The van der Waals surface area contributed by atoms with Crippen molar-refractivity contribution in [3.63, 3.8) is 0 Å². The van der Waals surface area contributed by atoms with E-state index in [4.69, 9.17) is 0 Å². The lowest BCUT2D eigenvalue weighted by Gasteiger charge is -2.05. The molecule has 0 saturated carbocycles. The molecule has 16 heavy (non-hydrogen) atoms. The molecule has 0 amide bonds. The Morgan fingerprint density at radius 1 is 1.31 bits per heavy atom. The SMILES string of the molecule is O=c1oc(C(F)(F)F)nc2c(Br)cccc12. The van der Waals surface area contributed by atoms with Crippen LogP contribution in [-0.2, 0) is 6.18 Å². The summed E-state index contributed by atoms with van der Waals surface area (Å²) >= 11 is 3.02. The second kappa shape index (κ2) is 3.58. The molecule has 0 radical (unpaired) electrons. The highest BCUT2D eigenvalue weighted by atomic mass is 79.9. The molecule has 0 unspecified atom stereocenters. The molecule has 0 spiro atoms. The number of benzene rings is 1. The monoisotopic (exact) mass is 293 g/mol. The molecule has 0 aliphatic rings. The first-order valence-corrected chi connectivity index (χ1v) is 4.85. The normalized spacial score (nSPS) is 12.0. The summed E-state index contributed by atoms with van der Waals surface area (Å²) in [6.45, 7) is 0. The van der Waals surface area contributed by atoms with Crippen molar-refractivity contribution in [1.82, 2.24) is 4.98 Å². The second-order valence-electron chi connectivity index (χ2n) is 2.94. The van der Waals surface area contributed by atoms with Crippen LogP contribution in [0.4, 0.5) is 13.2 Å². The summed E-state index contributed by atoms with van der Waals surface area (Å²) in [6, 6.07) is 4.35. The van der Waals surface area contributed by atoms with Crippen LogP contribution in [0.2, 0.25) is 0 Å². The van der Waals surface area contributed by atoms with Gasteiger partial charge in [0.1, 0.15) is 0 Å². The van der Waals surface area contributed by atoms with Gasteiger partial charge in [0.2, 0.25) is 0 Å². The van der Waals surface area contributed by atoms with E-state index in [1.165, 1.54) is 18.2 Å². The van der Waals surface area contributed by atoms with Crippen LogP contribution in [0.1, 0.15) is 5.89 Å². The van der Waals surface area contributed by atoms with Gasteiger partial charge in [-0.05, 0) is 28.1 Å². The molecule has 0 fully saturated rings. The van der Waals surface area contributed by atoms with Crippen molar-refractivity contribution >= 4 is 26.8 Å². The molecule has 3 nitrogen and oxygen atoms in total. The summed E-state index contributed by atoms with van der Waals surface area (Å²) in [7, 11) is 0. The molecule has 0 atom stereocenters. The minimum absolute atomic E-state index is 0.00220. The first-order valence-electron chi connectivity index (χ1n) is 4.06. The molecule has 0 bridgehead atoms. The van der Waals surface area contributed by atoms with Crippen molar-refractivity contribution in [2.75, 3.05) is 0 Å². The average molecular weight is 294 g/mol. The fourth-order valence-corrected chi connectivity index (χ4v) is 1.64. The number of halogens is 4. The summed E-state index contributed by atoms with van der Waals surface area (Å²) in [6.07, 6.45) is -4.78. The predicted molar refractivity (Wildman–Crippen MR) is 53.0 cm³/mol. The predicted octanol–water partition coefficient (Wildman–Crippen LogP) is 2.97. The van der Waals surface area contributed by atoms with E-state index in [9.17, 15) is 18.0 Å². The largest absolute Gasteiger partial charge is 0.469 e. The van der Waals surface area contributed by atoms with E-state index < -0.39 is 17.7 Å². The van der Waals surface area contributed by atoms with Crippen molar-refractivity contribution in [2.45, 2.75) is 6.18 Å². The van der Waals surface area contributed by atoms with E-state index in [-0.39, 0.29) is 10.9 Å². The number of rotatable bonds is 0. The van der Waals surface area contributed by atoms with Crippen molar-refractivity contribution < 1.29 is 17.6 Å². The van der Waals surface area contributed by atoms with E-state index in [1.54, 1.807) is 0 Å². The molecule has 0 aliphatic heterocycles. The van der Waals surface area contributed by atoms with Crippen LogP contribution >= 0.6 is 15.9 Å². The van der Waals surface area contributed by atoms with Crippen LogP contribution in [0.15, 0.2) is 31.9 Å². The maximum absolute atomic E-state index is 12.3. The van der Waals surface area contributed by atoms with E-state index in [2.05, 4.69) is 25.3 Å². The molecule has 0 saturated heterocycles. The number of para-hydroxylation sites is 1. The Labute approximate surface area is 95.0 Å². The lowest BCUT2D eigenvalue weighted by Crippen LogP contribution is -2.13. The van der Waals surface area contributed by atoms with E-state index in [0.29, 0.717) is 4.47 Å². The molecule has 84 valence electrons. The molecule has 2 rings (SSSR count). The smallest absolute Gasteiger partial charge is 0.398 e. The average Bonchev–Trinajstić information content (AvgIpc) is 2.18. The Morgan fingerprint density at radius 3 is 2.62 bits per heavy atom. The summed E-state index contributed by atoms with van der Waals surface area (Å²) in [5.41, 5.74) is -1.12. The number of fused-ring (bicyclic) bond motifs is 1. The van der Waals surface area contributed by atoms with E-state index in [0.717, 1.165) is 0 Å². The maximum Gasteiger partial charge on any atom is 0.469 e. The molecule has 2 aromatic rings. The fourth-order valence-electron chi connectivity index (χ4n) is 1.18. The molecular weight excluding hydrogens is 291 g/mol. The van der Waals surface area contributed by atoms with Gasteiger partial charge in [-0.1, -0.05) is 6.07 Å². The summed E-state index contributed by atoms with van der Waals surface area (Å²) < 4.78 is 41.4. The third-order valence-electron chi connectivity index (χ3n) is 1.85. The minimum atomic E-state index is -4.78. The number of hydrogen-bond acceptors (Lipinski definition) is 3. The lowest BCUT2D eigenvalue weighted by atomic mass is 10.2. The zero-order valence-electron chi connectivity index (χ0n) is 7.51. The molecule has 7 heteroatoms. The topological polar surface area (TPSA) is 43.1 Å². The van der Waals surface area contributed by atoms with Crippen LogP contribution < -0.4 is 5.63 Å². The Bertz CT molecular complexity index is 606. The van der Waals surface area contributed by atoms with Crippen LogP contribution in [0.25, 0.3) is 10.9 Å². The zero-order valence-corrected chi connectivity index (χ0v) is 9.09. The van der Waals surface area contributed by atoms with Gasteiger partial charge in [0.25, 0.3) is 0 Å². The van der Waals surface area contributed by atoms with Crippen LogP contribution in [-0.4, -0.2) is 4.98 Å². The highest BCUT2D eigenvalue weighted by molar-refractivity contribution is 9.10. The van der Waals surface area contributed by atoms with Gasteiger partial charge >= 0.3 is 17.7 Å². The molecule has 1 aromatic heterocycles. The Morgan fingerprint density at radius 2 is 2.00 bits per heavy atom. The van der Waals surface area contributed by atoms with E-state index in [1.807, 2.05) is 0 Å². The van der Waals surface area contributed by atoms with E-state index >= 15 is 0 Å². The van der Waals surface area contributed by atoms with Crippen molar-refractivity contribution in [2.24, 2.45) is 0 Å². The van der Waals surface area contributed by atoms with Crippen molar-refractivity contribution in [3.8, 4) is 0 Å². The van der Waals surface area contributed by atoms with Gasteiger partial charge < -0.3 is 4.42 Å². The standard InChI is InChI=1S/C9H3BrF3NO2/c10-5-3-1-2-4-6(5)14-8(9(11,12)13)16-7(4)15/h1-3H. The first-order chi connectivity index (χ1) is 7.39. The van der Waals surface area contributed by atoms with Gasteiger partial charge in [-0.3, -0.25) is 0 Å². The first kappa shape index (κ1) is 11.1. The molecular formula is C9H3BrF3NO2. The van der Waals surface area contributed by atoms with Crippen molar-refractivity contribution in [3.05, 3.63) is 39.0 Å². The van der Waals surface area contributed by atoms with Gasteiger partial charge in [0.05, 0.1) is 10.9 Å². The number of aromatic nitrogens is 1. The quantitative estimate of drug-likeness (QED) is 0.750. The summed E-state index contributed by atoms with van der Waals surface area (Å²) in [4.78, 5) is 14.5. The third-order valence-corrected chi connectivity index (χ3v) is 2.49. The van der Waals surface area contributed by atoms with Crippen molar-refractivity contribution in [1.29, 1.82) is 0 Å². The number of alkyl halides is 3. The highest BCUT2D eigenvalue weighted by Gasteiger charge is 2.37. The van der Waals surface area contributed by atoms with Crippen LogP contribution in [0, 0.1) is 0 Å². The maximum atomic E-state index is 12.3. The van der Waals surface area contributed by atoms with Gasteiger partial charge in [-0.15, -0.1) is 0 Å². The van der Waals surface area contributed by atoms with Gasteiger partial charge in [0.15, 0.2) is 0 Å². The Kier molecular flexibility index (Phi) is 2.49. The van der Waals surface area contributed by atoms with Gasteiger partial charge in [-0.25, -0.2) is 9.78 Å². The molecule has 1 heterocycles. The van der Waals surface area contributed by atoms with Gasteiger partial charge in [0, 0.05) is 4.47 Å².